The first-order valence-electron chi connectivity index (χ1n) is 4.66. The quantitative estimate of drug-likeness (QED) is 0.445. The molecule has 0 saturated heterocycles. The molecule has 0 N–H and O–H groups in total. The molecule has 3 nitrogen and oxygen atoms in total. The van der Waals surface area contributed by atoms with Crippen LogP contribution in [-0.2, 0) is 14.4 Å². The smallest absolute Gasteiger partial charge is 0.143 e. The third-order valence-electron chi connectivity index (χ3n) is 1.95. The maximum Gasteiger partial charge on any atom is 0.143 e. The fraction of sp³-hybridized carbons (Fsp3) is 0.700. The number of carbonyl (C=O) groups excluding carboxylic acids is 3. The van der Waals surface area contributed by atoms with Crippen LogP contribution in [0.5, 0.6) is 0 Å². The molecule has 0 radical (unpaired) electrons. The van der Waals surface area contributed by atoms with Gasteiger partial charge in [0, 0.05) is 19.3 Å². The molecule has 0 fully saturated rings. The summed E-state index contributed by atoms with van der Waals surface area (Å²) in [5, 5.41) is 0. The number of Topliss-reactive ketones (excluding diaryl/α,β-unsaturated/α-hetero) is 2. The zero-order chi connectivity index (χ0) is 10.3. The Balaban J connectivity index is 4.30. The molecule has 0 aliphatic carbocycles. The number of ketones is 2. The van der Waals surface area contributed by atoms with E-state index in [1.807, 2.05) is 6.92 Å². The van der Waals surface area contributed by atoms with Crippen molar-refractivity contribution < 1.29 is 14.4 Å². The van der Waals surface area contributed by atoms with Crippen LogP contribution in [0.15, 0.2) is 0 Å². The zero-order valence-electron chi connectivity index (χ0n) is 8.21. The van der Waals surface area contributed by atoms with Gasteiger partial charge in [-0.1, -0.05) is 13.8 Å². The molecule has 13 heavy (non-hydrogen) atoms. The van der Waals surface area contributed by atoms with Crippen molar-refractivity contribution in [2.45, 2.75) is 39.5 Å². The predicted octanol–water partition coefficient (Wildman–Crippen LogP) is 1.54. The second-order valence-corrected chi connectivity index (χ2v) is 2.99. The highest BCUT2D eigenvalue weighted by atomic mass is 16.2. The molecule has 0 rings (SSSR count). The topological polar surface area (TPSA) is 51.2 Å². The molecule has 74 valence electrons. The molecule has 0 aromatic rings. The van der Waals surface area contributed by atoms with E-state index in [9.17, 15) is 14.4 Å². The number of hydrogen-bond donors (Lipinski definition) is 0. The molecule has 0 amide bonds. The van der Waals surface area contributed by atoms with E-state index in [0.717, 1.165) is 6.42 Å². The Morgan fingerprint density at radius 1 is 1.23 bits per heavy atom. The van der Waals surface area contributed by atoms with Crippen molar-refractivity contribution in [1.29, 1.82) is 0 Å². The van der Waals surface area contributed by atoms with E-state index in [1.54, 1.807) is 6.92 Å². The van der Waals surface area contributed by atoms with Gasteiger partial charge in [0.2, 0.25) is 0 Å². The van der Waals surface area contributed by atoms with Crippen LogP contribution in [0.1, 0.15) is 39.5 Å². The average Bonchev–Trinajstić information content (AvgIpc) is 2.13. The molecule has 1 atom stereocenters. The number of aldehydes is 1. The lowest BCUT2D eigenvalue weighted by Crippen LogP contribution is -2.23. The van der Waals surface area contributed by atoms with E-state index >= 15 is 0 Å². The normalized spacial score (nSPS) is 12.2. The Morgan fingerprint density at radius 2 is 1.85 bits per heavy atom. The van der Waals surface area contributed by atoms with Gasteiger partial charge in [-0.05, 0) is 6.42 Å². The summed E-state index contributed by atoms with van der Waals surface area (Å²) in [5.74, 6) is -0.894. The van der Waals surface area contributed by atoms with Crippen LogP contribution in [0, 0.1) is 5.92 Å². The first kappa shape index (κ1) is 12.0. The molecule has 0 saturated carbocycles. The maximum absolute atomic E-state index is 11.4. The van der Waals surface area contributed by atoms with Crippen LogP contribution in [0.25, 0.3) is 0 Å². The Kier molecular flexibility index (Phi) is 6.02. The van der Waals surface area contributed by atoms with Gasteiger partial charge in [-0.15, -0.1) is 0 Å². The predicted molar refractivity (Wildman–Crippen MR) is 49.4 cm³/mol. The van der Waals surface area contributed by atoms with Gasteiger partial charge in [-0.3, -0.25) is 9.59 Å². The molecule has 0 aliphatic rings. The molecule has 0 bridgehead atoms. The van der Waals surface area contributed by atoms with Crippen molar-refractivity contribution in [3.63, 3.8) is 0 Å². The van der Waals surface area contributed by atoms with Gasteiger partial charge in [0.05, 0.1) is 5.92 Å². The Hall–Kier alpha value is -0.990. The van der Waals surface area contributed by atoms with Crippen molar-refractivity contribution in [2.75, 3.05) is 0 Å². The Bertz CT molecular complexity index is 196. The van der Waals surface area contributed by atoms with Crippen LogP contribution < -0.4 is 0 Å². The van der Waals surface area contributed by atoms with Gasteiger partial charge in [0.15, 0.2) is 0 Å². The highest BCUT2D eigenvalue weighted by molar-refractivity contribution is 6.03. The summed E-state index contributed by atoms with van der Waals surface area (Å²) in [6, 6.07) is 0. The fourth-order valence-corrected chi connectivity index (χ4v) is 1.21. The molecule has 0 aliphatic heterocycles. The number of rotatable bonds is 7. The molecule has 0 spiro atoms. The standard InChI is InChI=1S/C10H16O3/c1-3-5-10(13)8(6-7-11)9(12)4-2/h7-8H,3-6H2,1-2H3. The van der Waals surface area contributed by atoms with Crippen LogP contribution in [-0.4, -0.2) is 17.9 Å². The summed E-state index contributed by atoms with van der Waals surface area (Å²) in [6.07, 6.45) is 2.14. The summed E-state index contributed by atoms with van der Waals surface area (Å²) >= 11 is 0. The molecule has 0 aromatic carbocycles. The maximum atomic E-state index is 11.4. The van der Waals surface area contributed by atoms with Crippen molar-refractivity contribution in [2.24, 2.45) is 5.92 Å². The Morgan fingerprint density at radius 3 is 2.23 bits per heavy atom. The zero-order valence-corrected chi connectivity index (χ0v) is 8.21. The average molecular weight is 184 g/mol. The van der Waals surface area contributed by atoms with Crippen molar-refractivity contribution >= 4 is 17.9 Å². The number of hydrogen-bond acceptors (Lipinski definition) is 3. The van der Waals surface area contributed by atoms with Crippen LogP contribution in [0.4, 0.5) is 0 Å². The SMILES string of the molecule is CCCC(=O)C(CC=O)C(=O)CC. The highest BCUT2D eigenvalue weighted by Crippen LogP contribution is 2.10. The fourth-order valence-electron chi connectivity index (χ4n) is 1.21. The van der Waals surface area contributed by atoms with Gasteiger partial charge in [-0.2, -0.15) is 0 Å². The molecular formula is C10H16O3. The molecule has 3 heteroatoms. The van der Waals surface area contributed by atoms with E-state index in [2.05, 4.69) is 0 Å². The van der Waals surface area contributed by atoms with Gasteiger partial charge < -0.3 is 4.79 Å². The van der Waals surface area contributed by atoms with Crippen LogP contribution in [0.3, 0.4) is 0 Å². The van der Waals surface area contributed by atoms with Crippen LogP contribution >= 0.6 is 0 Å². The second-order valence-electron chi connectivity index (χ2n) is 2.99. The largest absolute Gasteiger partial charge is 0.303 e. The molecule has 0 aromatic heterocycles. The minimum atomic E-state index is -0.678. The van der Waals surface area contributed by atoms with Gasteiger partial charge in [0.1, 0.15) is 17.9 Å². The summed E-state index contributed by atoms with van der Waals surface area (Å²) < 4.78 is 0. The molecule has 0 heterocycles. The highest BCUT2D eigenvalue weighted by Gasteiger charge is 2.23. The van der Waals surface area contributed by atoms with Crippen molar-refractivity contribution in [1.82, 2.24) is 0 Å². The van der Waals surface area contributed by atoms with E-state index in [-0.39, 0.29) is 18.0 Å². The molecule has 1 unspecified atom stereocenters. The minimum absolute atomic E-state index is 0.0471. The summed E-state index contributed by atoms with van der Waals surface area (Å²) in [4.78, 5) is 32.8. The van der Waals surface area contributed by atoms with E-state index in [0.29, 0.717) is 19.1 Å². The lowest BCUT2D eigenvalue weighted by molar-refractivity contribution is -0.134. The van der Waals surface area contributed by atoms with Crippen molar-refractivity contribution in [3.05, 3.63) is 0 Å². The van der Waals surface area contributed by atoms with Crippen molar-refractivity contribution in [3.8, 4) is 0 Å². The minimum Gasteiger partial charge on any atom is -0.303 e. The van der Waals surface area contributed by atoms with Gasteiger partial charge >= 0.3 is 0 Å². The third kappa shape index (κ3) is 3.97. The number of carbonyl (C=O) groups is 3. The Labute approximate surface area is 78.5 Å². The first-order chi connectivity index (χ1) is 6.17. The van der Waals surface area contributed by atoms with E-state index in [4.69, 9.17) is 0 Å². The summed E-state index contributed by atoms with van der Waals surface area (Å²) in [5.41, 5.74) is 0. The monoisotopic (exact) mass is 184 g/mol. The molecular weight excluding hydrogens is 168 g/mol. The summed E-state index contributed by atoms with van der Waals surface area (Å²) in [6.45, 7) is 3.59. The lowest BCUT2D eigenvalue weighted by atomic mass is 9.92. The van der Waals surface area contributed by atoms with E-state index < -0.39 is 5.92 Å². The third-order valence-corrected chi connectivity index (χ3v) is 1.95. The summed E-state index contributed by atoms with van der Waals surface area (Å²) in [7, 11) is 0. The van der Waals surface area contributed by atoms with E-state index in [1.165, 1.54) is 0 Å². The first-order valence-corrected chi connectivity index (χ1v) is 4.66. The van der Waals surface area contributed by atoms with Gasteiger partial charge in [0.25, 0.3) is 0 Å². The second kappa shape index (κ2) is 6.52. The van der Waals surface area contributed by atoms with Gasteiger partial charge in [-0.25, -0.2) is 0 Å². The van der Waals surface area contributed by atoms with Crippen LogP contribution in [0.2, 0.25) is 0 Å². The lowest BCUT2D eigenvalue weighted by Gasteiger charge is -2.09.